The Labute approximate surface area is 141 Å². The molecule has 0 bridgehead atoms. The lowest BCUT2D eigenvalue weighted by Crippen LogP contribution is -2.38. The maximum absolute atomic E-state index is 12.5. The van der Waals surface area contributed by atoms with E-state index in [0.29, 0.717) is 18.8 Å². The maximum atomic E-state index is 12.5. The molecule has 122 valence electrons. The number of hydrogen-bond donors (Lipinski definition) is 0. The Hall–Kier alpha value is -2.14. The summed E-state index contributed by atoms with van der Waals surface area (Å²) in [4.78, 5) is 13.9. The van der Waals surface area contributed by atoms with Crippen molar-refractivity contribution in [3.63, 3.8) is 0 Å². The fourth-order valence-electron chi connectivity index (χ4n) is 1.95. The van der Waals surface area contributed by atoms with Gasteiger partial charge in [-0.2, -0.15) is 0 Å². The Morgan fingerprint density at radius 3 is 2.39 bits per heavy atom. The second kappa shape index (κ2) is 7.42. The van der Waals surface area contributed by atoms with E-state index in [9.17, 15) is 4.79 Å². The van der Waals surface area contributed by atoms with Gasteiger partial charge in [-0.1, -0.05) is 41.9 Å². The first-order valence-electron chi connectivity index (χ1n) is 7.39. The predicted molar refractivity (Wildman–Crippen MR) is 90.8 cm³/mol. The number of halogens is 1. The first-order valence-corrected chi connectivity index (χ1v) is 7.76. The van der Waals surface area contributed by atoms with Gasteiger partial charge in [0.05, 0.1) is 0 Å². The van der Waals surface area contributed by atoms with Crippen LogP contribution in [0, 0.1) is 0 Å². The second-order valence-electron chi connectivity index (χ2n) is 6.08. The smallest absolute Gasteiger partial charge is 0.416 e. The van der Waals surface area contributed by atoms with Crippen molar-refractivity contribution in [3.05, 3.63) is 53.2 Å². The monoisotopic (exact) mass is 333 g/mol. The Kier molecular flexibility index (Phi) is 5.55. The van der Waals surface area contributed by atoms with Crippen LogP contribution in [0.5, 0.6) is 0 Å². The summed E-state index contributed by atoms with van der Waals surface area (Å²) in [6.07, 6.45) is 0.231. The van der Waals surface area contributed by atoms with Gasteiger partial charge in [-0.3, -0.25) is 4.90 Å². The third-order valence-electron chi connectivity index (χ3n) is 2.98. The molecule has 1 aromatic carbocycles. The number of rotatable bonds is 4. The van der Waals surface area contributed by atoms with E-state index < -0.39 is 11.7 Å². The predicted octanol–water partition coefficient (Wildman–Crippen LogP) is 4.11. The van der Waals surface area contributed by atoms with Crippen molar-refractivity contribution >= 4 is 23.5 Å². The summed E-state index contributed by atoms with van der Waals surface area (Å²) >= 11 is 5.77. The molecule has 0 N–H and O–H groups in total. The summed E-state index contributed by atoms with van der Waals surface area (Å²) in [5, 5.41) is 8.06. The third-order valence-corrected chi connectivity index (χ3v) is 3.18. The molecule has 0 aliphatic rings. The summed E-state index contributed by atoms with van der Waals surface area (Å²) in [6, 6.07) is 13.2. The van der Waals surface area contributed by atoms with Crippen LogP contribution in [0.4, 0.5) is 10.6 Å². The van der Waals surface area contributed by atoms with Crippen molar-refractivity contribution in [3.8, 4) is 0 Å². The van der Waals surface area contributed by atoms with Crippen molar-refractivity contribution in [2.45, 2.75) is 32.8 Å². The molecule has 0 aliphatic carbocycles. The number of carbonyl (C=O) groups is 1. The minimum Gasteiger partial charge on any atom is -0.443 e. The summed E-state index contributed by atoms with van der Waals surface area (Å²) in [5.41, 5.74) is 0.546. The molecule has 0 spiro atoms. The molecule has 0 atom stereocenters. The lowest BCUT2D eigenvalue weighted by atomic mass is 10.1. The van der Waals surface area contributed by atoms with Gasteiger partial charge in [-0.25, -0.2) is 4.79 Å². The molecular formula is C17H20ClN3O2. The number of ether oxygens (including phenoxy) is 1. The van der Waals surface area contributed by atoms with Crippen LogP contribution < -0.4 is 4.90 Å². The topological polar surface area (TPSA) is 55.3 Å². The summed E-state index contributed by atoms with van der Waals surface area (Å²) in [5.74, 6) is 0.416. The van der Waals surface area contributed by atoms with Crippen LogP contribution in [0.15, 0.2) is 42.5 Å². The van der Waals surface area contributed by atoms with E-state index in [1.165, 1.54) is 4.90 Å². The Bertz CT molecular complexity index is 639. The zero-order valence-corrected chi connectivity index (χ0v) is 14.2. The van der Waals surface area contributed by atoms with Gasteiger partial charge in [-0.05, 0) is 44.9 Å². The quantitative estimate of drug-likeness (QED) is 0.844. The summed E-state index contributed by atoms with van der Waals surface area (Å²) < 4.78 is 5.46. The molecule has 1 amide bonds. The van der Waals surface area contributed by atoms with Crippen molar-refractivity contribution in [1.82, 2.24) is 10.2 Å². The average molecular weight is 334 g/mol. The van der Waals surface area contributed by atoms with E-state index in [-0.39, 0.29) is 5.15 Å². The highest BCUT2D eigenvalue weighted by atomic mass is 35.5. The Morgan fingerprint density at radius 2 is 1.83 bits per heavy atom. The fourth-order valence-corrected chi connectivity index (χ4v) is 2.06. The highest BCUT2D eigenvalue weighted by Crippen LogP contribution is 2.17. The van der Waals surface area contributed by atoms with Gasteiger partial charge in [0.25, 0.3) is 0 Å². The standard InChI is InChI=1S/C17H20ClN3O2/c1-17(2,3)23-16(22)21(15-10-9-14(18)19-20-15)12-11-13-7-5-4-6-8-13/h4-10H,11-12H2,1-3H3. The molecule has 1 aromatic heterocycles. The Balaban J connectivity index is 2.17. The molecule has 23 heavy (non-hydrogen) atoms. The van der Waals surface area contributed by atoms with Crippen molar-refractivity contribution in [2.24, 2.45) is 0 Å². The third kappa shape index (κ3) is 5.53. The van der Waals surface area contributed by atoms with Gasteiger partial charge >= 0.3 is 6.09 Å². The normalized spacial score (nSPS) is 11.1. The van der Waals surface area contributed by atoms with Gasteiger partial charge < -0.3 is 4.74 Å². The second-order valence-corrected chi connectivity index (χ2v) is 6.47. The van der Waals surface area contributed by atoms with Crippen LogP contribution in [0.3, 0.4) is 0 Å². The van der Waals surface area contributed by atoms with Gasteiger partial charge in [0.2, 0.25) is 0 Å². The molecule has 6 heteroatoms. The molecule has 0 aliphatic heterocycles. The molecule has 0 saturated carbocycles. The highest BCUT2D eigenvalue weighted by molar-refractivity contribution is 6.29. The lowest BCUT2D eigenvalue weighted by molar-refractivity contribution is 0.0579. The largest absolute Gasteiger partial charge is 0.443 e. The SMILES string of the molecule is CC(C)(C)OC(=O)N(CCc1ccccc1)c1ccc(Cl)nn1. The van der Waals surface area contributed by atoms with Crippen LogP contribution in [0.25, 0.3) is 0 Å². The van der Waals surface area contributed by atoms with Crippen LogP contribution in [0.1, 0.15) is 26.3 Å². The van der Waals surface area contributed by atoms with E-state index >= 15 is 0 Å². The zero-order valence-electron chi connectivity index (χ0n) is 13.5. The van der Waals surface area contributed by atoms with E-state index in [0.717, 1.165) is 5.56 Å². The van der Waals surface area contributed by atoms with Gasteiger partial charge in [0, 0.05) is 6.54 Å². The number of carbonyl (C=O) groups excluding carboxylic acids is 1. The van der Waals surface area contributed by atoms with Crippen LogP contribution >= 0.6 is 11.6 Å². The van der Waals surface area contributed by atoms with Gasteiger partial charge in [0.1, 0.15) is 5.60 Å². The average Bonchev–Trinajstić information content (AvgIpc) is 2.48. The number of benzene rings is 1. The molecule has 0 saturated heterocycles. The van der Waals surface area contributed by atoms with Crippen molar-refractivity contribution in [2.75, 3.05) is 11.4 Å². The Morgan fingerprint density at radius 1 is 1.13 bits per heavy atom. The first kappa shape index (κ1) is 17.2. The number of aromatic nitrogens is 2. The fraction of sp³-hybridized carbons (Fsp3) is 0.353. The maximum Gasteiger partial charge on any atom is 0.416 e. The van der Waals surface area contributed by atoms with Gasteiger partial charge in [-0.15, -0.1) is 10.2 Å². The van der Waals surface area contributed by atoms with Crippen LogP contribution in [0.2, 0.25) is 5.15 Å². The highest BCUT2D eigenvalue weighted by Gasteiger charge is 2.24. The summed E-state index contributed by atoms with van der Waals surface area (Å²) in [7, 11) is 0. The van der Waals surface area contributed by atoms with E-state index in [2.05, 4.69) is 10.2 Å². The molecule has 1 heterocycles. The first-order chi connectivity index (χ1) is 10.8. The van der Waals surface area contributed by atoms with Crippen LogP contribution in [-0.2, 0) is 11.2 Å². The molecule has 0 fully saturated rings. The minimum atomic E-state index is -0.581. The molecular weight excluding hydrogens is 314 g/mol. The van der Waals surface area contributed by atoms with Crippen LogP contribution in [-0.4, -0.2) is 28.4 Å². The number of hydrogen-bond acceptors (Lipinski definition) is 4. The minimum absolute atomic E-state index is 0.279. The van der Waals surface area contributed by atoms with E-state index in [4.69, 9.17) is 16.3 Å². The summed E-state index contributed by atoms with van der Waals surface area (Å²) in [6.45, 7) is 5.92. The molecule has 0 unspecified atom stereocenters. The molecule has 2 rings (SSSR count). The van der Waals surface area contributed by atoms with E-state index in [1.807, 2.05) is 51.1 Å². The number of anilines is 1. The zero-order chi connectivity index (χ0) is 16.9. The van der Waals surface area contributed by atoms with Crippen molar-refractivity contribution in [1.29, 1.82) is 0 Å². The molecule has 0 radical (unpaired) electrons. The lowest BCUT2D eigenvalue weighted by Gasteiger charge is -2.26. The number of amides is 1. The molecule has 2 aromatic rings. The number of nitrogens with zero attached hydrogens (tertiary/aromatic N) is 3. The van der Waals surface area contributed by atoms with Gasteiger partial charge in [0.15, 0.2) is 11.0 Å². The molecule has 5 nitrogen and oxygen atoms in total. The van der Waals surface area contributed by atoms with E-state index in [1.54, 1.807) is 12.1 Å². The van der Waals surface area contributed by atoms with Crippen molar-refractivity contribution < 1.29 is 9.53 Å².